The van der Waals surface area contributed by atoms with Gasteiger partial charge in [0.15, 0.2) is 0 Å². The van der Waals surface area contributed by atoms with Gasteiger partial charge in [-0.3, -0.25) is 0 Å². The highest BCUT2D eigenvalue weighted by Crippen LogP contribution is 2.35. The van der Waals surface area contributed by atoms with Crippen molar-refractivity contribution in [2.24, 2.45) is 5.73 Å². The topological polar surface area (TPSA) is 54.7 Å². The van der Waals surface area contributed by atoms with E-state index in [0.29, 0.717) is 0 Å². The van der Waals surface area contributed by atoms with Gasteiger partial charge in [0.25, 0.3) is 0 Å². The molecule has 0 saturated heterocycles. The third-order valence-electron chi connectivity index (χ3n) is 2.82. The van der Waals surface area contributed by atoms with E-state index in [1.807, 2.05) is 20.0 Å². The van der Waals surface area contributed by atoms with Crippen LogP contribution in [0.2, 0.25) is 0 Å². The van der Waals surface area contributed by atoms with E-state index < -0.39 is 0 Å². The van der Waals surface area contributed by atoms with E-state index in [1.54, 1.807) is 0 Å². The molecule has 1 saturated carbocycles. The molecule has 1 aromatic heterocycles. The molecule has 3 heteroatoms. The van der Waals surface area contributed by atoms with Gasteiger partial charge in [-0.1, -0.05) is 6.42 Å². The Morgan fingerprint density at radius 3 is 2.79 bits per heavy atom. The lowest BCUT2D eigenvalue weighted by Crippen LogP contribution is -2.34. The first-order valence-corrected chi connectivity index (χ1v) is 5.37. The Hall–Kier alpha value is -0.830. The summed E-state index contributed by atoms with van der Waals surface area (Å²) in [5, 5.41) is 0. The van der Waals surface area contributed by atoms with Crippen molar-refractivity contribution in [1.29, 1.82) is 0 Å². The number of hydrogen-bond donors (Lipinski definition) is 2. The summed E-state index contributed by atoms with van der Waals surface area (Å²) >= 11 is 0. The van der Waals surface area contributed by atoms with E-state index in [0.717, 1.165) is 18.2 Å². The fourth-order valence-electron chi connectivity index (χ4n) is 1.83. The lowest BCUT2D eigenvalue weighted by atomic mass is 9.83. The van der Waals surface area contributed by atoms with Crippen LogP contribution in [0, 0.1) is 0 Å². The van der Waals surface area contributed by atoms with Gasteiger partial charge in [0.05, 0.1) is 0 Å². The molecule has 0 atom stereocenters. The van der Waals surface area contributed by atoms with E-state index in [1.165, 1.54) is 25.0 Å². The number of H-pyrrole nitrogens is 1. The quantitative estimate of drug-likeness (QED) is 0.771. The monoisotopic (exact) mass is 193 g/mol. The molecule has 1 fully saturated rings. The molecule has 0 amide bonds. The number of imidazole rings is 1. The first-order valence-electron chi connectivity index (χ1n) is 5.37. The first-order chi connectivity index (χ1) is 6.54. The van der Waals surface area contributed by atoms with Crippen LogP contribution in [-0.4, -0.2) is 15.5 Å². The molecule has 0 unspecified atom stereocenters. The molecule has 78 valence electrons. The number of hydrogen-bond acceptors (Lipinski definition) is 2. The summed E-state index contributed by atoms with van der Waals surface area (Å²) < 4.78 is 0. The van der Waals surface area contributed by atoms with Gasteiger partial charge in [0.1, 0.15) is 5.82 Å². The number of nitrogens with one attached hydrogen (secondary N) is 1. The zero-order chi connectivity index (χ0) is 10.2. The van der Waals surface area contributed by atoms with Crippen LogP contribution in [0.3, 0.4) is 0 Å². The number of rotatable bonds is 3. The normalized spacial score (nSPS) is 18.2. The molecule has 0 radical (unpaired) electrons. The van der Waals surface area contributed by atoms with Crippen LogP contribution in [0.1, 0.15) is 50.5 Å². The summed E-state index contributed by atoms with van der Waals surface area (Å²) in [6, 6.07) is 0. The van der Waals surface area contributed by atoms with Crippen molar-refractivity contribution >= 4 is 0 Å². The predicted octanol–water partition coefficient (Wildman–Crippen LogP) is 1.96. The maximum absolute atomic E-state index is 5.94. The second-order valence-corrected chi connectivity index (χ2v) is 5.08. The molecule has 0 bridgehead atoms. The van der Waals surface area contributed by atoms with Gasteiger partial charge in [-0.25, -0.2) is 4.98 Å². The second kappa shape index (κ2) is 3.39. The summed E-state index contributed by atoms with van der Waals surface area (Å²) in [5.41, 5.74) is 7.07. The Morgan fingerprint density at radius 2 is 2.29 bits per heavy atom. The molecule has 0 aromatic carbocycles. The Labute approximate surface area is 85.1 Å². The highest BCUT2D eigenvalue weighted by atomic mass is 14.9. The molecule has 1 heterocycles. The number of nitrogens with two attached hydrogens (primary N) is 1. The standard InChI is InChI=1S/C11H19N3/c1-11(2,12)6-10-13-7-9(14-10)8-4-3-5-8/h7-8H,3-6,12H2,1-2H3,(H,13,14). The predicted molar refractivity (Wildman–Crippen MR) is 57.2 cm³/mol. The Morgan fingerprint density at radius 1 is 1.57 bits per heavy atom. The van der Waals surface area contributed by atoms with E-state index in [-0.39, 0.29) is 5.54 Å². The largest absolute Gasteiger partial charge is 0.346 e. The molecule has 14 heavy (non-hydrogen) atoms. The molecule has 0 aliphatic heterocycles. The zero-order valence-electron chi connectivity index (χ0n) is 9.01. The average molecular weight is 193 g/mol. The second-order valence-electron chi connectivity index (χ2n) is 5.08. The fourth-order valence-corrected chi connectivity index (χ4v) is 1.83. The Bertz CT molecular complexity index is 305. The summed E-state index contributed by atoms with van der Waals surface area (Å²) in [4.78, 5) is 7.75. The Kier molecular flexibility index (Phi) is 2.35. The molecule has 0 spiro atoms. The van der Waals surface area contributed by atoms with Crippen molar-refractivity contribution in [3.63, 3.8) is 0 Å². The molecule has 1 aliphatic carbocycles. The van der Waals surface area contributed by atoms with Crippen LogP contribution >= 0.6 is 0 Å². The molecule has 3 N–H and O–H groups in total. The van der Waals surface area contributed by atoms with Gasteiger partial charge >= 0.3 is 0 Å². The van der Waals surface area contributed by atoms with Gasteiger partial charge < -0.3 is 10.7 Å². The molecular weight excluding hydrogens is 174 g/mol. The zero-order valence-corrected chi connectivity index (χ0v) is 9.01. The highest BCUT2D eigenvalue weighted by molar-refractivity contribution is 5.11. The molecule has 1 aromatic rings. The third kappa shape index (κ3) is 2.15. The smallest absolute Gasteiger partial charge is 0.108 e. The lowest BCUT2D eigenvalue weighted by molar-refractivity contribution is 0.411. The summed E-state index contributed by atoms with van der Waals surface area (Å²) in [7, 11) is 0. The molecular formula is C11H19N3. The Balaban J connectivity index is 2.02. The van der Waals surface area contributed by atoms with Crippen molar-refractivity contribution in [3.05, 3.63) is 17.7 Å². The number of aromatic nitrogens is 2. The van der Waals surface area contributed by atoms with Crippen molar-refractivity contribution in [2.45, 2.75) is 51.0 Å². The van der Waals surface area contributed by atoms with Crippen LogP contribution in [-0.2, 0) is 6.42 Å². The summed E-state index contributed by atoms with van der Waals surface area (Å²) in [6.45, 7) is 4.05. The van der Waals surface area contributed by atoms with Crippen LogP contribution in [0.5, 0.6) is 0 Å². The van der Waals surface area contributed by atoms with Gasteiger partial charge in [-0.2, -0.15) is 0 Å². The maximum Gasteiger partial charge on any atom is 0.108 e. The first kappa shape index (κ1) is 9.71. The summed E-state index contributed by atoms with van der Waals surface area (Å²) in [6.07, 6.45) is 6.79. The SMILES string of the molecule is CC(C)(N)Cc1ncc(C2CCC2)[nH]1. The molecule has 3 nitrogen and oxygen atoms in total. The minimum absolute atomic E-state index is 0.172. The van der Waals surface area contributed by atoms with Gasteiger partial charge in [0, 0.05) is 29.8 Å². The third-order valence-corrected chi connectivity index (χ3v) is 2.82. The van der Waals surface area contributed by atoms with Crippen molar-refractivity contribution in [3.8, 4) is 0 Å². The molecule has 2 rings (SSSR count). The highest BCUT2D eigenvalue weighted by Gasteiger charge is 2.22. The fraction of sp³-hybridized carbons (Fsp3) is 0.727. The summed E-state index contributed by atoms with van der Waals surface area (Å²) in [5.74, 6) is 1.76. The van der Waals surface area contributed by atoms with Crippen LogP contribution in [0.25, 0.3) is 0 Å². The van der Waals surface area contributed by atoms with Gasteiger partial charge in [-0.05, 0) is 26.7 Å². The van der Waals surface area contributed by atoms with Crippen LogP contribution in [0.15, 0.2) is 6.20 Å². The minimum atomic E-state index is -0.172. The van der Waals surface area contributed by atoms with Crippen molar-refractivity contribution < 1.29 is 0 Å². The molecule has 1 aliphatic rings. The number of nitrogens with zero attached hydrogens (tertiary/aromatic N) is 1. The lowest BCUT2D eigenvalue weighted by Gasteiger charge is -2.23. The van der Waals surface area contributed by atoms with Gasteiger partial charge in [0.2, 0.25) is 0 Å². The average Bonchev–Trinajstić information content (AvgIpc) is 2.28. The minimum Gasteiger partial charge on any atom is -0.346 e. The number of aromatic amines is 1. The van der Waals surface area contributed by atoms with E-state index in [2.05, 4.69) is 9.97 Å². The van der Waals surface area contributed by atoms with Gasteiger partial charge in [-0.15, -0.1) is 0 Å². The van der Waals surface area contributed by atoms with Crippen LogP contribution in [0.4, 0.5) is 0 Å². The van der Waals surface area contributed by atoms with Crippen LogP contribution < -0.4 is 5.73 Å². The maximum atomic E-state index is 5.94. The van der Waals surface area contributed by atoms with Crippen molar-refractivity contribution in [1.82, 2.24) is 9.97 Å². The van der Waals surface area contributed by atoms with E-state index in [9.17, 15) is 0 Å². The van der Waals surface area contributed by atoms with Crippen molar-refractivity contribution in [2.75, 3.05) is 0 Å². The van der Waals surface area contributed by atoms with E-state index in [4.69, 9.17) is 5.73 Å². The van der Waals surface area contributed by atoms with E-state index >= 15 is 0 Å².